The molecule has 0 N–H and O–H groups in total. The average molecular weight is 572 g/mol. The lowest BCUT2D eigenvalue weighted by Crippen LogP contribution is -2.25. The SMILES string of the molecule is CCCCN(CCCC)c1cc(OC)c(/C=C/c2ccc(/C=C/C3=C(C#N)C(=C(\C)C#N)/OC3(C)C)s2)c(OC)c1. The van der Waals surface area contributed by atoms with Gasteiger partial charge in [0.15, 0.2) is 5.76 Å². The molecule has 1 aliphatic heterocycles. The number of nitrogens with zero attached hydrogens (tertiary/aromatic N) is 3. The van der Waals surface area contributed by atoms with Crippen molar-refractivity contribution < 1.29 is 14.2 Å². The van der Waals surface area contributed by atoms with E-state index in [4.69, 9.17) is 14.2 Å². The number of benzene rings is 1. The number of allylic oxidation sites excluding steroid dienone is 2. The van der Waals surface area contributed by atoms with E-state index in [-0.39, 0.29) is 0 Å². The number of hydrogen-bond donors (Lipinski definition) is 0. The van der Waals surface area contributed by atoms with E-state index in [1.165, 1.54) is 0 Å². The predicted octanol–water partition coefficient (Wildman–Crippen LogP) is 8.78. The second-order valence-electron chi connectivity index (χ2n) is 10.4. The highest BCUT2D eigenvalue weighted by atomic mass is 32.1. The van der Waals surface area contributed by atoms with Crippen molar-refractivity contribution in [2.45, 2.75) is 65.9 Å². The first-order valence-electron chi connectivity index (χ1n) is 14.1. The van der Waals surface area contributed by atoms with Gasteiger partial charge in [0.1, 0.15) is 28.7 Å². The summed E-state index contributed by atoms with van der Waals surface area (Å²) in [5, 5.41) is 19.1. The third-order valence-corrected chi connectivity index (χ3v) is 8.07. The van der Waals surface area contributed by atoms with Gasteiger partial charge in [-0.15, -0.1) is 11.3 Å². The maximum atomic E-state index is 9.78. The molecule has 1 aliphatic rings. The Morgan fingerprint density at radius 3 is 2.00 bits per heavy atom. The Morgan fingerprint density at radius 1 is 0.951 bits per heavy atom. The molecule has 0 aliphatic carbocycles. The van der Waals surface area contributed by atoms with Gasteiger partial charge < -0.3 is 19.1 Å². The van der Waals surface area contributed by atoms with Crippen molar-refractivity contribution in [2.75, 3.05) is 32.2 Å². The van der Waals surface area contributed by atoms with Gasteiger partial charge in [0.05, 0.1) is 31.4 Å². The first kappa shape index (κ1) is 31.6. The molecule has 0 spiro atoms. The third-order valence-electron chi connectivity index (χ3n) is 7.06. The molecule has 0 bridgehead atoms. The maximum absolute atomic E-state index is 9.78. The fraction of sp³-hybridized carbons (Fsp3) is 0.412. The Morgan fingerprint density at radius 2 is 1.51 bits per heavy atom. The van der Waals surface area contributed by atoms with Gasteiger partial charge in [0.2, 0.25) is 0 Å². The number of anilines is 1. The van der Waals surface area contributed by atoms with E-state index in [0.717, 1.165) is 76.9 Å². The van der Waals surface area contributed by atoms with Gasteiger partial charge in [-0.3, -0.25) is 0 Å². The van der Waals surface area contributed by atoms with Crippen LogP contribution in [0, 0.1) is 22.7 Å². The Labute approximate surface area is 249 Å². The van der Waals surface area contributed by atoms with Crippen LogP contribution in [-0.4, -0.2) is 32.9 Å². The molecule has 216 valence electrons. The lowest BCUT2D eigenvalue weighted by atomic mass is 9.94. The zero-order valence-electron chi connectivity index (χ0n) is 25.3. The van der Waals surface area contributed by atoms with Crippen molar-refractivity contribution in [1.82, 2.24) is 0 Å². The first-order chi connectivity index (χ1) is 19.7. The molecule has 0 atom stereocenters. The predicted molar refractivity (Wildman–Crippen MR) is 170 cm³/mol. The van der Waals surface area contributed by atoms with Crippen LogP contribution in [0.1, 0.15) is 75.6 Å². The van der Waals surface area contributed by atoms with Crippen LogP contribution in [0.2, 0.25) is 0 Å². The number of methoxy groups -OCH3 is 2. The molecule has 0 amide bonds. The summed E-state index contributed by atoms with van der Waals surface area (Å²) in [6, 6.07) is 12.6. The van der Waals surface area contributed by atoms with Crippen LogP contribution < -0.4 is 14.4 Å². The molecule has 6 nitrogen and oxygen atoms in total. The second-order valence-corrected chi connectivity index (χ2v) is 11.6. The highest BCUT2D eigenvalue weighted by molar-refractivity contribution is 7.13. The zero-order valence-corrected chi connectivity index (χ0v) is 26.2. The Kier molecular flexibility index (Phi) is 11.3. The van der Waals surface area contributed by atoms with E-state index < -0.39 is 5.60 Å². The molecule has 41 heavy (non-hydrogen) atoms. The van der Waals surface area contributed by atoms with Crippen LogP contribution in [-0.2, 0) is 4.74 Å². The van der Waals surface area contributed by atoms with Gasteiger partial charge in [-0.25, -0.2) is 0 Å². The maximum Gasteiger partial charge on any atom is 0.152 e. The summed E-state index contributed by atoms with van der Waals surface area (Å²) in [5.41, 5.74) is 2.89. The minimum absolute atomic E-state index is 0.363. The molecule has 0 saturated heterocycles. The summed E-state index contributed by atoms with van der Waals surface area (Å²) in [6.45, 7) is 11.9. The van der Waals surface area contributed by atoms with Crippen LogP contribution in [0.15, 0.2) is 52.8 Å². The van der Waals surface area contributed by atoms with Crippen molar-refractivity contribution in [1.29, 1.82) is 10.5 Å². The van der Waals surface area contributed by atoms with Crippen molar-refractivity contribution in [3.8, 4) is 23.6 Å². The Bertz CT molecular complexity index is 1400. The highest BCUT2D eigenvalue weighted by Crippen LogP contribution is 2.41. The van der Waals surface area contributed by atoms with Gasteiger partial charge in [-0.05, 0) is 64.0 Å². The summed E-state index contributed by atoms with van der Waals surface area (Å²) in [6.07, 6.45) is 12.6. The summed E-state index contributed by atoms with van der Waals surface area (Å²) < 4.78 is 17.6. The van der Waals surface area contributed by atoms with E-state index in [1.807, 2.05) is 38.1 Å². The van der Waals surface area contributed by atoms with Gasteiger partial charge in [-0.1, -0.05) is 32.8 Å². The van der Waals surface area contributed by atoms with Gasteiger partial charge in [-0.2, -0.15) is 10.5 Å². The smallest absolute Gasteiger partial charge is 0.152 e. The number of nitriles is 2. The van der Waals surface area contributed by atoms with Gasteiger partial charge in [0.25, 0.3) is 0 Å². The van der Waals surface area contributed by atoms with Crippen LogP contribution in [0.4, 0.5) is 5.69 Å². The van der Waals surface area contributed by atoms with E-state index in [9.17, 15) is 10.5 Å². The molecule has 7 heteroatoms. The standard InChI is InChI=1S/C34H41N3O3S/c1-8-10-18-37(19-11-9-2)25-20-31(38-6)28(32(21-25)39-7)16-14-26-12-13-27(41-26)15-17-30-29(23-36)33(24(3)22-35)40-34(30,4)5/h12-17,20-21H,8-11,18-19H2,1-7H3/b16-14+,17-15+,33-24-. The first-order valence-corrected chi connectivity index (χ1v) is 15.0. The number of ether oxygens (including phenoxy) is 3. The topological polar surface area (TPSA) is 78.5 Å². The minimum Gasteiger partial charge on any atom is -0.496 e. The second kappa shape index (κ2) is 14.6. The molecule has 1 aromatic heterocycles. The fourth-order valence-corrected chi connectivity index (χ4v) is 5.53. The summed E-state index contributed by atoms with van der Waals surface area (Å²) in [5.74, 6) is 1.92. The number of thiophene rings is 1. The van der Waals surface area contributed by atoms with Crippen molar-refractivity contribution in [3.63, 3.8) is 0 Å². The Balaban J connectivity index is 1.88. The molecular formula is C34H41N3O3S. The molecule has 1 aromatic carbocycles. The van der Waals surface area contributed by atoms with Crippen LogP contribution in [0.25, 0.3) is 18.2 Å². The van der Waals surface area contributed by atoms with Crippen molar-refractivity contribution >= 4 is 35.3 Å². The molecular weight excluding hydrogens is 530 g/mol. The number of rotatable bonds is 13. The quantitative estimate of drug-likeness (QED) is 0.224. The summed E-state index contributed by atoms with van der Waals surface area (Å²) in [7, 11) is 3.40. The normalized spacial score (nSPS) is 15.6. The summed E-state index contributed by atoms with van der Waals surface area (Å²) >= 11 is 1.64. The van der Waals surface area contributed by atoms with Crippen molar-refractivity contribution in [2.24, 2.45) is 0 Å². The van der Waals surface area contributed by atoms with Gasteiger partial charge >= 0.3 is 0 Å². The minimum atomic E-state index is -0.697. The lowest BCUT2D eigenvalue weighted by molar-refractivity contribution is 0.0949. The van der Waals surface area contributed by atoms with Crippen LogP contribution >= 0.6 is 11.3 Å². The third kappa shape index (κ3) is 7.63. The van der Waals surface area contributed by atoms with Crippen molar-refractivity contribution in [3.05, 3.63) is 68.1 Å². The number of hydrogen-bond acceptors (Lipinski definition) is 7. The highest BCUT2D eigenvalue weighted by Gasteiger charge is 2.37. The number of unbranched alkanes of at least 4 members (excludes halogenated alkanes) is 2. The largest absolute Gasteiger partial charge is 0.496 e. The van der Waals surface area contributed by atoms with Crippen LogP contribution in [0.3, 0.4) is 0 Å². The monoisotopic (exact) mass is 571 g/mol. The van der Waals surface area contributed by atoms with E-state index in [0.29, 0.717) is 16.9 Å². The Hall–Kier alpha value is -3.94. The lowest BCUT2D eigenvalue weighted by Gasteiger charge is -2.26. The molecule has 2 heterocycles. The van der Waals surface area contributed by atoms with Crippen LogP contribution in [0.5, 0.6) is 11.5 Å². The van der Waals surface area contributed by atoms with Gasteiger partial charge in [0, 0.05) is 46.2 Å². The molecule has 2 aromatic rings. The average Bonchev–Trinajstić information content (AvgIpc) is 3.54. The summed E-state index contributed by atoms with van der Waals surface area (Å²) in [4.78, 5) is 4.53. The van der Waals surface area contributed by atoms with E-state index >= 15 is 0 Å². The molecule has 0 saturated carbocycles. The van der Waals surface area contributed by atoms with E-state index in [2.05, 4.69) is 55.2 Å². The molecule has 0 fully saturated rings. The zero-order chi connectivity index (χ0) is 30.0. The fourth-order valence-electron chi connectivity index (χ4n) is 4.71. The molecule has 0 unspecified atom stereocenters. The molecule has 3 rings (SSSR count). The molecule has 0 radical (unpaired) electrons. The van der Waals surface area contributed by atoms with E-state index in [1.54, 1.807) is 32.5 Å².